The molecule has 0 heterocycles. The molecular weight excluding hydrogens is 506 g/mol. The van der Waals surface area contributed by atoms with Gasteiger partial charge in [0.2, 0.25) is 0 Å². The number of hydrogen-bond acceptors (Lipinski definition) is 5. The van der Waals surface area contributed by atoms with Crippen molar-refractivity contribution in [3.63, 3.8) is 0 Å². The van der Waals surface area contributed by atoms with Crippen molar-refractivity contribution in [1.29, 1.82) is 0 Å². The summed E-state index contributed by atoms with van der Waals surface area (Å²) in [6.07, 6.45) is 0.941. The van der Waals surface area contributed by atoms with Gasteiger partial charge in [0.15, 0.2) is 5.11 Å². The fraction of sp³-hybridized carbons (Fsp3) is 0.375. The van der Waals surface area contributed by atoms with E-state index in [-0.39, 0.29) is 5.11 Å². The molecule has 0 spiro atoms. The molecule has 0 aromatic heterocycles. The Morgan fingerprint density at radius 2 is 1.58 bits per heavy atom. The Kier molecular flexibility index (Phi) is 10.6. The zero-order chi connectivity index (χ0) is 24.4. The first kappa shape index (κ1) is 26.6. The lowest BCUT2D eigenvalue weighted by molar-refractivity contribution is 0.0934. The molecule has 3 N–H and O–H groups in total. The van der Waals surface area contributed by atoms with Crippen LogP contribution in [0.1, 0.15) is 54.8 Å². The molecular formula is C24H30BrN3O4S. The van der Waals surface area contributed by atoms with Crippen LogP contribution in [-0.2, 0) is 0 Å². The minimum Gasteiger partial charge on any atom is -0.493 e. The molecule has 0 bridgehead atoms. The summed E-state index contributed by atoms with van der Waals surface area (Å²) in [7, 11) is 0. The number of ether oxygens (including phenoxy) is 2. The van der Waals surface area contributed by atoms with Crippen molar-refractivity contribution in [1.82, 2.24) is 16.2 Å². The highest BCUT2D eigenvalue weighted by atomic mass is 79.9. The second-order valence-electron chi connectivity index (χ2n) is 8.27. The van der Waals surface area contributed by atoms with Gasteiger partial charge in [0.25, 0.3) is 11.8 Å². The van der Waals surface area contributed by atoms with E-state index in [0.29, 0.717) is 52.1 Å². The number of amides is 2. The molecule has 0 unspecified atom stereocenters. The average molecular weight is 536 g/mol. The SMILES string of the molecule is CC(C)CCOc1ccc(C(=O)NC(=S)NNC(=O)c2ccc(OCC(C)C)cc2)cc1Br. The van der Waals surface area contributed by atoms with Crippen molar-refractivity contribution in [2.75, 3.05) is 13.2 Å². The maximum absolute atomic E-state index is 12.5. The molecule has 7 nitrogen and oxygen atoms in total. The fourth-order valence-corrected chi connectivity index (χ4v) is 3.16. The molecule has 0 aliphatic rings. The van der Waals surface area contributed by atoms with Gasteiger partial charge < -0.3 is 9.47 Å². The summed E-state index contributed by atoms with van der Waals surface area (Å²) in [4.78, 5) is 24.7. The van der Waals surface area contributed by atoms with Crippen molar-refractivity contribution in [3.8, 4) is 11.5 Å². The lowest BCUT2D eigenvalue weighted by Crippen LogP contribution is -2.48. The number of carbonyl (C=O) groups is 2. The molecule has 0 fully saturated rings. The van der Waals surface area contributed by atoms with E-state index in [1.165, 1.54) is 0 Å². The van der Waals surface area contributed by atoms with Crippen LogP contribution >= 0.6 is 28.1 Å². The Balaban J connectivity index is 1.82. The zero-order valence-electron chi connectivity index (χ0n) is 19.2. The summed E-state index contributed by atoms with van der Waals surface area (Å²) < 4.78 is 12.0. The van der Waals surface area contributed by atoms with Gasteiger partial charge in [0, 0.05) is 11.1 Å². The highest BCUT2D eigenvalue weighted by Gasteiger charge is 2.12. The van der Waals surface area contributed by atoms with Crippen LogP contribution in [0.25, 0.3) is 0 Å². The average Bonchev–Trinajstić information content (AvgIpc) is 2.77. The van der Waals surface area contributed by atoms with Crippen molar-refractivity contribution in [3.05, 3.63) is 58.1 Å². The minimum atomic E-state index is -0.414. The van der Waals surface area contributed by atoms with E-state index in [4.69, 9.17) is 21.7 Å². The third kappa shape index (κ3) is 9.39. The Bertz CT molecular complexity index is 965. The topological polar surface area (TPSA) is 88.7 Å². The van der Waals surface area contributed by atoms with Crippen LogP contribution in [0.4, 0.5) is 0 Å². The molecule has 0 saturated heterocycles. The molecule has 0 aliphatic carbocycles. The Labute approximate surface area is 208 Å². The summed E-state index contributed by atoms with van der Waals surface area (Å²) in [5, 5.41) is 2.50. The van der Waals surface area contributed by atoms with Crippen molar-refractivity contribution in [2.24, 2.45) is 11.8 Å². The lowest BCUT2D eigenvalue weighted by atomic mass is 10.1. The quantitative estimate of drug-likeness (QED) is 0.314. The molecule has 0 radical (unpaired) electrons. The molecule has 0 aliphatic heterocycles. The first-order chi connectivity index (χ1) is 15.7. The number of carbonyl (C=O) groups excluding carboxylic acids is 2. The van der Waals surface area contributed by atoms with Gasteiger partial charge in [-0.1, -0.05) is 27.7 Å². The first-order valence-electron chi connectivity index (χ1n) is 10.7. The summed E-state index contributed by atoms with van der Waals surface area (Å²) in [5.74, 6) is 1.51. The second kappa shape index (κ2) is 13.2. The normalized spacial score (nSPS) is 10.6. The third-order valence-corrected chi connectivity index (χ3v) is 5.19. The molecule has 2 amide bonds. The van der Waals surface area contributed by atoms with Crippen LogP contribution in [-0.4, -0.2) is 30.1 Å². The molecule has 0 atom stereocenters. The maximum atomic E-state index is 12.5. The van der Waals surface area contributed by atoms with Gasteiger partial charge in [-0.05, 0) is 88.9 Å². The van der Waals surface area contributed by atoms with Gasteiger partial charge in [-0.3, -0.25) is 25.8 Å². The van der Waals surface area contributed by atoms with E-state index in [0.717, 1.165) is 6.42 Å². The van der Waals surface area contributed by atoms with Crippen LogP contribution in [0, 0.1) is 11.8 Å². The second-order valence-corrected chi connectivity index (χ2v) is 9.53. The number of thiocarbonyl (C=S) groups is 1. The van der Waals surface area contributed by atoms with E-state index in [1.54, 1.807) is 42.5 Å². The number of rotatable bonds is 9. The van der Waals surface area contributed by atoms with Gasteiger partial charge in [-0.2, -0.15) is 0 Å². The zero-order valence-corrected chi connectivity index (χ0v) is 21.6. The van der Waals surface area contributed by atoms with Crippen molar-refractivity contribution >= 4 is 45.1 Å². The van der Waals surface area contributed by atoms with Crippen molar-refractivity contribution in [2.45, 2.75) is 34.1 Å². The van der Waals surface area contributed by atoms with Gasteiger partial charge in [0.1, 0.15) is 11.5 Å². The van der Waals surface area contributed by atoms with Gasteiger partial charge in [-0.25, -0.2) is 0 Å². The number of benzene rings is 2. The molecule has 33 heavy (non-hydrogen) atoms. The highest BCUT2D eigenvalue weighted by molar-refractivity contribution is 9.10. The fourth-order valence-electron chi connectivity index (χ4n) is 2.52. The van der Waals surface area contributed by atoms with Crippen LogP contribution in [0.15, 0.2) is 46.9 Å². The standard InChI is InChI=1S/C24H30BrN3O4S/c1-15(2)11-12-31-21-10-7-18(13-20(21)25)22(29)26-24(33)28-27-23(30)17-5-8-19(9-6-17)32-14-16(3)4/h5-10,13,15-16H,11-12,14H2,1-4H3,(H,27,30)(H2,26,28,29,33). The number of halogens is 1. The highest BCUT2D eigenvalue weighted by Crippen LogP contribution is 2.26. The number of nitrogens with one attached hydrogen (secondary N) is 3. The Hall–Kier alpha value is -2.65. The van der Waals surface area contributed by atoms with Crippen molar-refractivity contribution < 1.29 is 19.1 Å². The molecule has 2 rings (SSSR count). The first-order valence-corrected chi connectivity index (χ1v) is 11.9. The molecule has 9 heteroatoms. The van der Waals surface area contributed by atoms with E-state index in [1.807, 2.05) is 0 Å². The van der Waals surface area contributed by atoms with Crippen LogP contribution in [0.2, 0.25) is 0 Å². The molecule has 0 saturated carbocycles. The summed E-state index contributed by atoms with van der Waals surface area (Å²) in [6.45, 7) is 9.59. The van der Waals surface area contributed by atoms with Gasteiger partial charge in [0.05, 0.1) is 17.7 Å². The third-order valence-electron chi connectivity index (χ3n) is 4.36. The largest absolute Gasteiger partial charge is 0.493 e. The molecule has 2 aromatic carbocycles. The van der Waals surface area contributed by atoms with E-state index >= 15 is 0 Å². The van der Waals surface area contributed by atoms with Crippen LogP contribution < -0.4 is 25.6 Å². The Morgan fingerprint density at radius 1 is 0.909 bits per heavy atom. The van der Waals surface area contributed by atoms with Crippen LogP contribution in [0.5, 0.6) is 11.5 Å². The van der Waals surface area contributed by atoms with E-state index in [9.17, 15) is 9.59 Å². The minimum absolute atomic E-state index is 0.0291. The summed E-state index contributed by atoms with van der Waals surface area (Å²) >= 11 is 8.53. The monoisotopic (exact) mass is 535 g/mol. The smallest absolute Gasteiger partial charge is 0.269 e. The lowest BCUT2D eigenvalue weighted by Gasteiger charge is -2.13. The summed E-state index contributed by atoms with van der Waals surface area (Å²) in [5.41, 5.74) is 5.81. The van der Waals surface area contributed by atoms with Gasteiger partial charge in [-0.15, -0.1) is 0 Å². The number of hydrazine groups is 1. The maximum Gasteiger partial charge on any atom is 0.269 e. The number of hydrogen-bond donors (Lipinski definition) is 3. The molecule has 178 valence electrons. The van der Waals surface area contributed by atoms with E-state index < -0.39 is 11.8 Å². The predicted octanol–water partition coefficient (Wildman–Crippen LogP) is 4.86. The van der Waals surface area contributed by atoms with Gasteiger partial charge >= 0.3 is 0 Å². The molecule has 2 aromatic rings. The summed E-state index contributed by atoms with van der Waals surface area (Å²) in [6, 6.07) is 11.8. The predicted molar refractivity (Wildman–Crippen MR) is 137 cm³/mol. The Morgan fingerprint density at radius 3 is 2.18 bits per heavy atom. The van der Waals surface area contributed by atoms with E-state index in [2.05, 4.69) is 59.8 Å². The van der Waals surface area contributed by atoms with Crippen LogP contribution in [0.3, 0.4) is 0 Å².